The van der Waals surface area contributed by atoms with E-state index < -0.39 is 0 Å². The highest BCUT2D eigenvalue weighted by atomic mass is 15.3. The van der Waals surface area contributed by atoms with E-state index in [4.69, 9.17) is 0 Å². The summed E-state index contributed by atoms with van der Waals surface area (Å²) in [7, 11) is 0. The topological polar surface area (TPSA) is 18.5 Å². The second kappa shape index (κ2) is 8.18. The Labute approximate surface area is 117 Å². The minimum atomic E-state index is 1.07. The summed E-state index contributed by atoms with van der Waals surface area (Å²) in [4.78, 5) is 5.18. The molecular weight excluding hydrogens is 234 g/mol. The van der Waals surface area contributed by atoms with E-state index in [1.807, 2.05) is 0 Å². The smallest absolute Gasteiger partial charge is 0.0340 e. The van der Waals surface area contributed by atoms with Gasteiger partial charge in [-0.25, -0.2) is 0 Å². The van der Waals surface area contributed by atoms with E-state index >= 15 is 0 Å². The van der Waals surface area contributed by atoms with E-state index in [1.54, 1.807) is 0 Å². The first kappa shape index (κ1) is 14.4. The Hall–Kier alpha value is -1.06. The van der Waals surface area contributed by atoms with Crippen molar-refractivity contribution in [1.82, 2.24) is 9.80 Å². The Kier molecular flexibility index (Phi) is 6.18. The second-order valence-electron chi connectivity index (χ2n) is 5.33. The van der Waals surface area contributed by atoms with Gasteiger partial charge in [0.2, 0.25) is 0 Å². The van der Waals surface area contributed by atoms with Gasteiger partial charge >= 0.3 is 0 Å². The van der Waals surface area contributed by atoms with Gasteiger partial charge in [0.05, 0.1) is 0 Å². The highest BCUT2D eigenvalue weighted by molar-refractivity contribution is 5.42. The van der Waals surface area contributed by atoms with Crippen LogP contribution in [-0.2, 0) is 0 Å². The van der Waals surface area contributed by atoms with E-state index in [0.717, 1.165) is 6.54 Å². The van der Waals surface area contributed by atoms with E-state index in [0.29, 0.717) is 0 Å². The number of anilines is 1. The third kappa shape index (κ3) is 5.21. The van der Waals surface area contributed by atoms with Crippen LogP contribution < -0.4 is 5.32 Å². The van der Waals surface area contributed by atoms with Gasteiger partial charge in [-0.2, -0.15) is 0 Å². The number of nitrogens with one attached hydrogen (secondary N) is 1. The van der Waals surface area contributed by atoms with Crippen LogP contribution in [0, 0.1) is 0 Å². The highest BCUT2D eigenvalue weighted by Gasteiger charge is 2.14. The predicted molar refractivity (Wildman–Crippen MR) is 82.7 cm³/mol. The van der Waals surface area contributed by atoms with Crippen molar-refractivity contribution in [3.8, 4) is 0 Å². The summed E-state index contributed by atoms with van der Waals surface area (Å²) in [6.07, 6.45) is 2.50. The van der Waals surface area contributed by atoms with Crippen molar-refractivity contribution in [1.29, 1.82) is 0 Å². The molecular formula is C16H27N3. The Morgan fingerprint density at radius 3 is 2.21 bits per heavy atom. The maximum absolute atomic E-state index is 3.48. The van der Waals surface area contributed by atoms with Gasteiger partial charge in [-0.3, -0.25) is 0 Å². The molecule has 0 saturated carbocycles. The molecule has 1 aliphatic rings. The Bertz CT molecular complexity index is 331. The van der Waals surface area contributed by atoms with Crippen LogP contribution in [0.2, 0.25) is 0 Å². The minimum Gasteiger partial charge on any atom is -0.385 e. The normalized spacial score (nSPS) is 17.5. The van der Waals surface area contributed by atoms with Crippen LogP contribution in [0.1, 0.15) is 19.8 Å². The SMILES string of the molecule is CCCN1CCN(CCCNc2ccccc2)CC1. The van der Waals surface area contributed by atoms with E-state index in [1.165, 1.54) is 57.8 Å². The van der Waals surface area contributed by atoms with Crippen LogP contribution in [0.3, 0.4) is 0 Å². The highest BCUT2D eigenvalue weighted by Crippen LogP contribution is 2.06. The first-order valence-corrected chi connectivity index (χ1v) is 7.62. The zero-order valence-corrected chi connectivity index (χ0v) is 12.1. The number of hydrogen-bond donors (Lipinski definition) is 1. The molecule has 1 aromatic rings. The van der Waals surface area contributed by atoms with Gasteiger partial charge in [-0.05, 0) is 38.1 Å². The van der Waals surface area contributed by atoms with Crippen LogP contribution in [0.25, 0.3) is 0 Å². The van der Waals surface area contributed by atoms with Gasteiger partial charge in [0.25, 0.3) is 0 Å². The average molecular weight is 261 g/mol. The molecule has 0 unspecified atom stereocenters. The number of rotatable bonds is 7. The third-order valence-corrected chi connectivity index (χ3v) is 3.76. The van der Waals surface area contributed by atoms with Crippen molar-refractivity contribution >= 4 is 5.69 Å². The van der Waals surface area contributed by atoms with Gasteiger partial charge in [-0.1, -0.05) is 25.1 Å². The molecule has 2 rings (SSSR count). The lowest BCUT2D eigenvalue weighted by molar-refractivity contribution is 0.132. The molecule has 0 atom stereocenters. The maximum atomic E-state index is 3.48. The molecule has 1 aliphatic heterocycles. The van der Waals surface area contributed by atoms with Gasteiger partial charge in [-0.15, -0.1) is 0 Å². The first-order valence-electron chi connectivity index (χ1n) is 7.62. The molecule has 3 nitrogen and oxygen atoms in total. The molecule has 1 heterocycles. The van der Waals surface area contributed by atoms with E-state index in [9.17, 15) is 0 Å². The predicted octanol–water partition coefficient (Wildman–Crippen LogP) is 2.52. The third-order valence-electron chi connectivity index (χ3n) is 3.76. The lowest BCUT2D eigenvalue weighted by Crippen LogP contribution is -2.46. The quantitative estimate of drug-likeness (QED) is 0.761. The second-order valence-corrected chi connectivity index (χ2v) is 5.33. The Morgan fingerprint density at radius 2 is 1.58 bits per heavy atom. The molecule has 0 aromatic heterocycles. The van der Waals surface area contributed by atoms with Crippen molar-refractivity contribution in [2.45, 2.75) is 19.8 Å². The zero-order chi connectivity index (χ0) is 13.3. The van der Waals surface area contributed by atoms with Crippen LogP contribution in [0.4, 0.5) is 5.69 Å². The van der Waals surface area contributed by atoms with Crippen molar-refractivity contribution in [3.63, 3.8) is 0 Å². The van der Waals surface area contributed by atoms with E-state index in [2.05, 4.69) is 52.4 Å². The molecule has 0 bridgehead atoms. The largest absolute Gasteiger partial charge is 0.385 e. The van der Waals surface area contributed by atoms with Crippen LogP contribution in [-0.4, -0.2) is 55.6 Å². The number of benzene rings is 1. The Morgan fingerprint density at radius 1 is 0.947 bits per heavy atom. The van der Waals surface area contributed by atoms with Crippen molar-refractivity contribution in [2.24, 2.45) is 0 Å². The molecule has 0 radical (unpaired) electrons. The summed E-state index contributed by atoms with van der Waals surface area (Å²) < 4.78 is 0. The fraction of sp³-hybridized carbons (Fsp3) is 0.625. The minimum absolute atomic E-state index is 1.07. The van der Waals surface area contributed by atoms with Crippen molar-refractivity contribution in [2.75, 3.05) is 51.1 Å². The molecule has 106 valence electrons. The molecule has 19 heavy (non-hydrogen) atoms. The standard InChI is InChI=1S/C16H27N3/c1-2-10-18-12-14-19(15-13-18)11-6-9-17-16-7-4-3-5-8-16/h3-5,7-8,17H,2,6,9-15H2,1H3. The first-order chi connectivity index (χ1) is 9.38. The van der Waals surface area contributed by atoms with Crippen LogP contribution in [0.5, 0.6) is 0 Å². The maximum Gasteiger partial charge on any atom is 0.0340 e. The summed E-state index contributed by atoms with van der Waals surface area (Å²) in [5.74, 6) is 0. The van der Waals surface area contributed by atoms with Gasteiger partial charge in [0, 0.05) is 38.4 Å². The number of nitrogens with zero attached hydrogens (tertiary/aromatic N) is 2. The molecule has 0 spiro atoms. The van der Waals surface area contributed by atoms with Crippen molar-refractivity contribution in [3.05, 3.63) is 30.3 Å². The Balaban J connectivity index is 1.55. The molecule has 3 heteroatoms. The summed E-state index contributed by atoms with van der Waals surface area (Å²) in [5, 5.41) is 3.48. The fourth-order valence-corrected chi connectivity index (χ4v) is 2.64. The monoisotopic (exact) mass is 261 g/mol. The molecule has 1 fully saturated rings. The molecule has 1 N–H and O–H groups in total. The lowest BCUT2D eigenvalue weighted by atomic mass is 10.2. The number of para-hydroxylation sites is 1. The summed E-state index contributed by atoms with van der Waals surface area (Å²) in [6, 6.07) is 10.5. The summed E-state index contributed by atoms with van der Waals surface area (Å²) in [5.41, 5.74) is 1.23. The molecule has 0 amide bonds. The van der Waals surface area contributed by atoms with Crippen LogP contribution >= 0.6 is 0 Å². The van der Waals surface area contributed by atoms with Gasteiger partial charge in [0.1, 0.15) is 0 Å². The van der Waals surface area contributed by atoms with Crippen molar-refractivity contribution < 1.29 is 0 Å². The fourth-order valence-electron chi connectivity index (χ4n) is 2.64. The van der Waals surface area contributed by atoms with Gasteiger partial charge in [0.15, 0.2) is 0 Å². The summed E-state index contributed by atoms with van der Waals surface area (Å²) in [6.45, 7) is 10.8. The van der Waals surface area contributed by atoms with Gasteiger partial charge < -0.3 is 15.1 Å². The molecule has 1 saturated heterocycles. The number of hydrogen-bond acceptors (Lipinski definition) is 3. The summed E-state index contributed by atoms with van der Waals surface area (Å²) >= 11 is 0. The molecule has 1 aromatic carbocycles. The van der Waals surface area contributed by atoms with E-state index in [-0.39, 0.29) is 0 Å². The average Bonchev–Trinajstić information content (AvgIpc) is 2.47. The molecule has 0 aliphatic carbocycles. The zero-order valence-electron chi connectivity index (χ0n) is 12.1. The number of piperazine rings is 1. The van der Waals surface area contributed by atoms with Crippen LogP contribution in [0.15, 0.2) is 30.3 Å². The lowest BCUT2D eigenvalue weighted by Gasteiger charge is -2.34.